The Morgan fingerprint density at radius 1 is 1.03 bits per heavy atom. The van der Waals surface area contributed by atoms with E-state index in [2.05, 4.69) is 15.3 Å². The molecule has 0 aliphatic heterocycles. The summed E-state index contributed by atoms with van der Waals surface area (Å²) >= 11 is 0. The highest BCUT2D eigenvalue weighted by Gasteiger charge is 2.12. The van der Waals surface area contributed by atoms with Crippen LogP contribution in [0.4, 0.5) is 4.39 Å². The van der Waals surface area contributed by atoms with Gasteiger partial charge in [0.05, 0.1) is 16.8 Å². The summed E-state index contributed by atoms with van der Waals surface area (Å²) in [6.45, 7) is 4.18. The fourth-order valence-electron chi connectivity index (χ4n) is 3.08. The van der Waals surface area contributed by atoms with E-state index in [1.165, 1.54) is 24.3 Å². The maximum atomic E-state index is 13.0. The number of hydrogen-bond donors (Lipinski definition) is 1. The molecule has 1 amide bonds. The third-order valence-electron chi connectivity index (χ3n) is 4.70. The third-order valence-corrected chi connectivity index (χ3v) is 4.70. The van der Waals surface area contributed by atoms with Crippen molar-refractivity contribution in [2.24, 2.45) is 0 Å². The van der Waals surface area contributed by atoms with Gasteiger partial charge in [-0.1, -0.05) is 18.2 Å². The maximum Gasteiger partial charge on any atom is 0.253 e. The maximum absolute atomic E-state index is 13.0. The fourth-order valence-corrected chi connectivity index (χ4v) is 3.08. The van der Waals surface area contributed by atoms with E-state index < -0.39 is 0 Å². The Morgan fingerprint density at radius 2 is 1.83 bits per heavy atom. The Morgan fingerprint density at radius 3 is 2.57 bits per heavy atom. The van der Waals surface area contributed by atoms with Gasteiger partial charge in [-0.25, -0.2) is 9.37 Å². The highest BCUT2D eigenvalue weighted by atomic mass is 19.1. The van der Waals surface area contributed by atoms with Crippen LogP contribution in [0.15, 0.2) is 66.9 Å². The molecule has 0 saturated heterocycles. The van der Waals surface area contributed by atoms with Gasteiger partial charge in [0.2, 0.25) is 5.88 Å². The standard InChI is InChI=1S/C24H20FN3O2/c1-15-3-5-18-12-21(16(2)28-22(18)11-15)24(29)27-14-17-4-10-23(26-13-17)30-20-8-6-19(25)7-9-20/h3-13H,14H2,1-2H3,(H,27,29). The number of nitrogens with zero attached hydrogens (tertiary/aromatic N) is 2. The van der Waals surface area contributed by atoms with Crippen LogP contribution in [0.5, 0.6) is 11.6 Å². The number of rotatable bonds is 5. The van der Waals surface area contributed by atoms with Crippen LogP contribution < -0.4 is 10.1 Å². The molecule has 6 heteroatoms. The van der Waals surface area contributed by atoms with Crippen LogP contribution in [0.25, 0.3) is 10.9 Å². The van der Waals surface area contributed by atoms with Gasteiger partial charge in [-0.2, -0.15) is 0 Å². The monoisotopic (exact) mass is 401 g/mol. The number of aryl methyl sites for hydroxylation is 2. The van der Waals surface area contributed by atoms with Crippen LogP contribution >= 0.6 is 0 Å². The molecule has 4 aromatic rings. The smallest absolute Gasteiger partial charge is 0.253 e. The van der Waals surface area contributed by atoms with E-state index in [4.69, 9.17) is 4.74 Å². The number of carbonyl (C=O) groups is 1. The first-order valence-electron chi connectivity index (χ1n) is 9.52. The number of benzene rings is 2. The molecule has 0 spiro atoms. The second-order valence-corrected chi connectivity index (χ2v) is 7.06. The number of nitrogens with one attached hydrogen (secondary N) is 1. The van der Waals surface area contributed by atoms with Crippen LogP contribution in [0.2, 0.25) is 0 Å². The molecule has 0 unspecified atom stereocenters. The SMILES string of the molecule is Cc1ccc2cc(C(=O)NCc3ccc(Oc4ccc(F)cc4)nc3)c(C)nc2c1. The minimum absolute atomic E-state index is 0.186. The van der Waals surface area contributed by atoms with Crippen molar-refractivity contribution in [1.29, 1.82) is 0 Å². The van der Waals surface area contributed by atoms with Crippen LogP contribution in [0, 0.1) is 19.7 Å². The molecule has 0 radical (unpaired) electrons. The Kier molecular flexibility index (Phi) is 5.39. The summed E-state index contributed by atoms with van der Waals surface area (Å²) in [7, 11) is 0. The van der Waals surface area contributed by atoms with Gasteiger partial charge in [-0.05, 0) is 61.4 Å². The number of ether oxygens (including phenoxy) is 1. The molecule has 5 nitrogen and oxygen atoms in total. The minimum atomic E-state index is -0.326. The van der Waals surface area contributed by atoms with Gasteiger partial charge in [-0.3, -0.25) is 9.78 Å². The van der Waals surface area contributed by atoms with Crippen LogP contribution in [0.3, 0.4) is 0 Å². The first-order valence-corrected chi connectivity index (χ1v) is 9.52. The predicted octanol–water partition coefficient (Wildman–Crippen LogP) is 5.11. The Labute approximate surface area is 173 Å². The number of pyridine rings is 2. The first kappa shape index (κ1) is 19.5. The van der Waals surface area contributed by atoms with Gasteiger partial charge in [0.15, 0.2) is 0 Å². The van der Waals surface area contributed by atoms with Crippen molar-refractivity contribution < 1.29 is 13.9 Å². The second kappa shape index (κ2) is 8.29. The lowest BCUT2D eigenvalue weighted by Crippen LogP contribution is -2.24. The molecule has 2 heterocycles. The van der Waals surface area contributed by atoms with Crippen molar-refractivity contribution in [3.05, 3.63) is 95.1 Å². The molecule has 0 bridgehead atoms. The number of halogens is 1. The van der Waals surface area contributed by atoms with E-state index in [-0.39, 0.29) is 11.7 Å². The number of fused-ring (bicyclic) bond motifs is 1. The molecule has 150 valence electrons. The zero-order valence-corrected chi connectivity index (χ0v) is 16.6. The first-order chi connectivity index (χ1) is 14.5. The van der Waals surface area contributed by atoms with Crippen molar-refractivity contribution in [2.75, 3.05) is 0 Å². The summed E-state index contributed by atoms with van der Waals surface area (Å²) in [6.07, 6.45) is 1.63. The molecule has 0 fully saturated rings. The average molecular weight is 401 g/mol. The largest absolute Gasteiger partial charge is 0.439 e. The van der Waals surface area contributed by atoms with Gasteiger partial charge in [0, 0.05) is 24.2 Å². The highest BCUT2D eigenvalue weighted by molar-refractivity contribution is 5.98. The summed E-state index contributed by atoms with van der Waals surface area (Å²) in [5.74, 6) is 0.378. The predicted molar refractivity (Wildman–Crippen MR) is 113 cm³/mol. The number of hydrogen-bond acceptors (Lipinski definition) is 4. The molecule has 0 aliphatic rings. The lowest BCUT2D eigenvalue weighted by molar-refractivity contribution is 0.0950. The van der Waals surface area contributed by atoms with Crippen molar-refractivity contribution in [3.8, 4) is 11.6 Å². The summed E-state index contributed by atoms with van der Waals surface area (Å²) in [5, 5.41) is 3.84. The highest BCUT2D eigenvalue weighted by Crippen LogP contribution is 2.20. The molecular weight excluding hydrogens is 381 g/mol. The molecular formula is C24H20FN3O2. The fraction of sp³-hybridized carbons (Fsp3) is 0.125. The van der Waals surface area contributed by atoms with Crippen LogP contribution in [0.1, 0.15) is 27.2 Å². The van der Waals surface area contributed by atoms with E-state index in [0.29, 0.717) is 29.4 Å². The normalized spacial score (nSPS) is 10.8. The molecule has 0 aliphatic carbocycles. The molecule has 2 aromatic heterocycles. The van der Waals surface area contributed by atoms with E-state index >= 15 is 0 Å². The van der Waals surface area contributed by atoms with E-state index in [1.54, 1.807) is 12.3 Å². The van der Waals surface area contributed by atoms with Crippen molar-refractivity contribution in [3.63, 3.8) is 0 Å². The number of amides is 1. The summed E-state index contributed by atoms with van der Waals surface area (Å²) < 4.78 is 18.5. The van der Waals surface area contributed by atoms with Gasteiger partial charge in [0.25, 0.3) is 5.91 Å². The third kappa shape index (κ3) is 4.43. The quantitative estimate of drug-likeness (QED) is 0.505. The van der Waals surface area contributed by atoms with E-state index in [1.807, 2.05) is 44.2 Å². The zero-order valence-electron chi connectivity index (χ0n) is 16.6. The van der Waals surface area contributed by atoms with Crippen molar-refractivity contribution >= 4 is 16.8 Å². The lowest BCUT2D eigenvalue weighted by atomic mass is 10.1. The summed E-state index contributed by atoms with van der Waals surface area (Å²) in [6, 6.07) is 17.1. The Balaban J connectivity index is 1.41. The molecule has 0 saturated carbocycles. The second-order valence-electron chi connectivity index (χ2n) is 7.06. The molecule has 0 atom stereocenters. The Bertz CT molecular complexity index is 1210. The van der Waals surface area contributed by atoms with Crippen LogP contribution in [-0.4, -0.2) is 15.9 Å². The summed E-state index contributed by atoms with van der Waals surface area (Å²) in [5.41, 5.74) is 4.08. The molecule has 30 heavy (non-hydrogen) atoms. The van der Waals surface area contributed by atoms with Gasteiger partial charge < -0.3 is 10.1 Å². The van der Waals surface area contributed by atoms with Gasteiger partial charge >= 0.3 is 0 Å². The summed E-state index contributed by atoms with van der Waals surface area (Å²) in [4.78, 5) is 21.4. The lowest BCUT2D eigenvalue weighted by Gasteiger charge is -2.10. The topological polar surface area (TPSA) is 64.1 Å². The van der Waals surface area contributed by atoms with E-state index in [0.717, 1.165) is 22.0 Å². The number of aromatic nitrogens is 2. The van der Waals surface area contributed by atoms with Gasteiger partial charge in [-0.15, -0.1) is 0 Å². The molecule has 1 N–H and O–H groups in total. The molecule has 2 aromatic carbocycles. The van der Waals surface area contributed by atoms with Gasteiger partial charge in [0.1, 0.15) is 11.6 Å². The minimum Gasteiger partial charge on any atom is -0.439 e. The number of carbonyl (C=O) groups excluding carboxylic acids is 1. The zero-order chi connectivity index (χ0) is 21.1. The molecule has 4 rings (SSSR count). The van der Waals surface area contributed by atoms with E-state index in [9.17, 15) is 9.18 Å². The average Bonchev–Trinajstić information content (AvgIpc) is 2.74. The Hall–Kier alpha value is -3.80. The van der Waals surface area contributed by atoms with Crippen LogP contribution in [-0.2, 0) is 6.54 Å². The van der Waals surface area contributed by atoms with Crippen molar-refractivity contribution in [2.45, 2.75) is 20.4 Å². The van der Waals surface area contributed by atoms with Crippen molar-refractivity contribution in [1.82, 2.24) is 15.3 Å².